The monoisotopic (exact) mass is 407 g/mol. The summed E-state index contributed by atoms with van der Waals surface area (Å²) in [7, 11) is 0. The summed E-state index contributed by atoms with van der Waals surface area (Å²) in [5, 5.41) is 7.43. The van der Waals surface area contributed by atoms with Gasteiger partial charge in [-0.25, -0.2) is 0 Å². The number of ether oxygens (including phenoxy) is 3. The number of hydrogen-bond donors (Lipinski definition) is 2. The first-order valence-electron chi connectivity index (χ1n) is 12.3. The van der Waals surface area contributed by atoms with Crippen LogP contribution in [0.1, 0.15) is 51.9 Å². The molecular formula is C23H41N3O3. The van der Waals surface area contributed by atoms with Gasteiger partial charge in [-0.05, 0) is 70.3 Å². The van der Waals surface area contributed by atoms with Crippen molar-refractivity contribution in [3.8, 4) is 0 Å². The Hall–Kier alpha value is -0.240. The van der Waals surface area contributed by atoms with Gasteiger partial charge in [-0.2, -0.15) is 0 Å². The molecule has 1 aliphatic carbocycles. The third-order valence-electron chi connectivity index (χ3n) is 8.53. The summed E-state index contributed by atoms with van der Waals surface area (Å²) in [5.41, 5.74) is 0.0607. The maximum atomic E-state index is 6.62. The van der Waals surface area contributed by atoms with E-state index in [2.05, 4.69) is 22.5 Å². The van der Waals surface area contributed by atoms with Gasteiger partial charge in [0.25, 0.3) is 0 Å². The first kappa shape index (κ1) is 20.7. The standard InChI is InChI=1S/C23H41N3O3/c1-17-13-23(16-27-12-9-25-23)22-15-29-19-5-3-18(4-6-19)20-7-8-24-14-21(20)28-11-2-10-26(17)22/h17-22,24-25H,2-16H2,1H3/t17-,18?,19?,20?,21?,22-,23+/m1/s1. The summed E-state index contributed by atoms with van der Waals surface area (Å²) in [6, 6.07) is 0.966. The van der Waals surface area contributed by atoms with E-state index >= 15 is 0 Å². The maximum absolute atomic E-state index is 6.62. The minimum atomic E-state index is 0.0607. The predicted molar refractivity (Wildman–Crippen MR) is 113 cm³/mol. The second-order valence-corrected chi connectivity index (χ2v) is 10.2. The van der Waals surface area contributed by atoms with Crippen LogP contribution in [0.4, 0.5) is 0 Å². The van der Waals surface area contributed by atoms with Crippen molar-refractivity contribution in [2.45, 2.75) is 81.7 Å². The van der Waals surface area contributed by atoms with Crippen molar-refractivity contribution in [2.75, 3.05) is 52.6 Å². The van der Waals surface area contributed by atoms with Gasteiger partial charge in [-0.15, -0.1) is 0 Å². The summed E-state index contributed by atoms with van der Waals surface area (Å²) in [6.45, 7) is 10.0. The molecule has 1 saturated carbocycles. The van der Waals surface area contributed by atoms with Crippen LogP contribution in [-0.4, -0.2) is 87.3 Å². The van der Waals surface area contributed by atoms with Gasteiger partial charge in [0.2, 0.25) is 0 Å². The molecule has 6 nitrogen and oxygen atoms in total. The maximum Gasteiger partial charge on any atom is 0.0730 e. The fraction of sp³-hybridized carbons (Fsp3) is 1.00. The fourth-order valence-electron chi connectivity index (χ4n) is 7.02. The molecule has 2 bridgehead atoms. The number of piperidine rings is 1. The van der Waals surface area contributed by atoms with E-state index in [0.717, 1.165) is 77.3 Å². The predicted octanol–water partition coefficient (Wildman–Crippen LogP) is 1.78. The molecule has 2 unspecified atom stereocenters. The molecule has 29 heavy (non-hydrogen) atoms. The summed E-state index contributed by atoms with van der Waals surface area (Å²) >= 11 is 0. The molecule has 0 aromatic rings. The lowest BCUT2D eigenvalue weighted by Gasteiger charge is -2.44. The molecule has 0 aromatic heterocycles. The van der Waals surface area contributed by atoms with Gasteiger partial charge >= 0.3 is 0 Å². The average Bonchev–Trinajstić information content (AvgIpc) is 3.00. The van der Waals surface area contributed by atoms with E-state index < -0.39 is 0 Å². The smallest absolute Gasteiger partial charge is 0.0730 e. The Balaban J connectivity index is 1.32. The summed E-state index contributed by atoms with van der Waals surface area (Å²) in [6.07, 6.45) is 9.45. The lowest BCUT2D eigenvalue weighted by Crippen LogP contribution is -2.63. The quantitative estimate of drug-likeness (QED) is 0.639. The summed E-state index contributed by atoms with van der Waals surface area (Å²) in [4.78, 5) is 2.69. The SMILES string of the molecule is C[C@@H]1C[C@]2(COCCN2)[C@H]2COC3CCC(CC3)C3CCNCC3OCCCN12. The first-order valence-corrected chi connectivity index (χ1v) is 12.3. The number of morpholine rings is 1. The number of nitrogens with one attached hydrogen (secondary N) is 2. The van der Waals surface area contributed by atoms with Crippen LogP contribution < -0.4 is 10.6 Å². The Kier molecular flexibility index (Phi) is 6.47. The summed E-state index contributed by atoms with van der Waals surface area (Å²) < 4.78 is 19.1. The zero-order chi connectivity index (χ0) is 19.7. The van der Waals surface area contributed by atoms with Crippen LogP contribution in [0, 0.1) is 11.8 Å². The molecule has 6 fully saturated rings. The lowest BCUT2D eigenvalue weighted by molar-refractivity contribution is -0.0730. The molecule has 0 radical (unpaired) electrons. The second-order valence-electron chi connectivity index (χ2n) is 10.2. The van der Waals surface area contributed by atoms with E-state index in [0.29, 0.717) is 24.3 Å². The van der Waals surface area contributed by atoms with E-state index in [1.807, 2.05) is 0 Å². The highest BCUT2D eigenvalue weighted by atomic mass is 16.5. The minimum Gasteiger partial charge on any atom is -0.378 e. The van der Waals surface area contributed by atoms with Gasteiger partial charge in [-0.3, -0.25) is 4.90 Å². The molecule has 5 saturated heterocycles. The van der Waals surface area contributed by atoms with Gasteiger partial charge in [0.05, 0.1) is 43.6 Å². The molecule has 6 aliphatic rings. The van der Waals surface area contributed by atoms with E-state index in [4.69, 9.17) is 14.2 Å². The molecule has 6 heteroatoms. The van der Waals surface area contributed by atoms with Crippen molar-refractivity contribution in [1.82, 2.24) is 15.5 Å². The Morgan fingerprint density at radius 2 is 1.90 bits per heavy atom. The molecule has 2 N–H and O–H groups in total. The van der Waals surface area contributed by atoms with Crippen molar-refractivity contribution in [3.63, 3.8) is 0 Å². The van der Waals surface area contributed by atoms with Crippen molar-refractivity contribution in [2.24, 2.45) is 11.8 Å². The molecular weight excluding hydrogens is 366 g/mol. The summed E-state index contributed by atoms with van der Waals surface area (Å²) in [5.74, 6) is 1.57. The molecule has 0 aromatic carbocycles. The van der Waals surface area contributed by atoms with E-state index in [1.54, 1.807) is 0 Å². The highest BCUT2D eigenvalue weighted by Gasteiger charge is 2.51. The zero-order valence-corrected chi connectivity index (χ0v) is 18.2. The van der Waals surface area contributed by atoms with E-state index in [-0.39, 0.29) is 5.54 Å². The van der Waals surface area contributed by atoms with Gasteiger partial charge in [-0.1, -0.05) is 0 Å². The van der Waals surface area contributed by atoms with Crippen molar-refractivity contribution in [1.29, 1.82) is 0 Å². The zero-order valence-electron chi connectivity index (χ0n) is 18.2. The Bertz CT molecular complexity index is 533. The molecule has 1 spiro atoms. The molecule has 5 heterocycles. The molecule has 5 atom stereocenters. The van der Waals surface area contributed by atoms with Crippen LogP contribution >= 0.6 is 0 Å². The molecule has 166 valence electrons. The number of nitrogens with zero attached hydrogens (tertiary/aromatic N) is 1. The molecule has 5 aliphatic heterocycles. The van der Waals surface area contributed by atoms with E-state index in [1.165, 1.54) is 32.1 Å². The van der Waals surface area contributed by atoms with Crippen LogP contribution in [0.2, 0.25) is 0 Å². The highest BCUT2D eigenvalue weighted by Crippen LogP contribution is 2.39. The van der Waals surface area contributed by atoms with Crippen molar-refractivity contribution < 1.29 is 14.2 Å². The topological polar surface area (TPSA) is 55.0 Å². The van der Waals surface area contributed by atoms with Crippen molar-refractivity contribution in [3.05, 3.63) is 0 Å². The van der Waals surface area contributed by atoms with Crippen LogP contribution in [0.15, 0.2) is 0 Å². The largest absolute Gasteiger partial charge is 0.378 e. The molecule has 6 rings (SSSR count). The van der Waals surface area contributed by atoms with Crippen LogP contribution in [-0.2, 0) is 14.2 Å². The fourth-order valence-corrected chi connectivity index (χ4v) is 7.02. The van der Waals surface area contributed by atoms with Gasteiger partial charge in [0.1, 0.15) is 0 Å². The van der Waals surface area contributed by atoms with Gasteiger partial charge in [0, 0.05) is 32.3 Å². The average molecular weight is 408 g/mol. The Morgan fingerprint density at radius 3 is 2.72 bits per heavy atom. The second kappa shape index (κ2) is 9.09. The Morgan fingerprint density at radius 1 is 1.00 bits per heavy atom. The number of rotatable bonds is 0. The first-order chi connectivity index (χ1) is 14.3. The van der Waals surface area contributed by atoms with Crippen molar-refractivity contribution >= 4 is 0 Å². The minimum absolute atomic E-state index is 0.0607. The number of fused-ring (bicyclic) bond motifs is 6. The Labute approximate surface area is 176 Å². The number of hydrogen-bond acceptors (Lipinski definition) is 6. The van der Waals surface area contributed by atoms with Gasteiger partial charge < -0.3 is 24.8 Å². The van der Waals surface area contributed by atoms with Gasteiger partial charge in [0.15, 0.2) is 0 Å². The van der Waals surface area contributed by atoms with Crippen LogP contribution in [0.25, 0.3) is 0 Å². The lowest BCUT2D eigenvalue weighted by atomic mass is 9.74. The van der Waals surface area contributed by atoms with Crippen LogP contribution in [0.5, 0.6) is 0 Å². The molecule has 0 amide bonds. The third-order valence-corrected chi connectivity index (χ3v) is 8.53. The third kappa shape index (κ3) is 4.26. The van der Waals surface area contributed by atoms with Crippen LogP contribution in [0.3, 0.4) is 0 Å². The highest BCUT2D eigenvalue weighted by molar-refractivity contribution is 5.10. The normalized spacial score (nSPS) is 47.5. The van der Waals surface area contributed by atoms with E-state index in [9.17, 15) is 0 Å².